The van der Waals surface area contributed by atoms with Crippen LogP contribution in [0.3, 0.4) is 0 Å². The van der Waals surface area contributed by atoms with Crippen molar-refractivity contribution in [2.24, 2.45) is 10.7 Å². The number of nitrogens with two attached hydrogens (primary N) is 1. The molecule has 0 aliphatic carbocycles. The summed E-state index contributed by atoms with van der Waals surface area (Å²) in [6.07, 6.45) is 0. The van der Waals surface area contributed by atoms with Crippen LogP contribution < -0.4 is 10.6 Å². The molecule has 2 aromatic rings. The maximum atomic E-state index is 5.82. The maximum absolute atomic E-state index is 5.82. The van der Waals surface area contributed by atoms with E-state index in [-0.39, 0.29) is 0 Å². The van der Waals surface area contributed by atoms with Gasteiger partial charge in [-0.2, -0.15) is 0 Å². The second kappa shape index (κ2) is 4.23. The van der Waals surface area contributed by atoms with E-state index in [4.69, 9.17) is 5.73 Å². The van der Waals surface area contributed by atoms with Gasteiger partial charge in [-0.15, -0.1) is 0 Å². The lowest BCUT2D eigenvalue weighted by Gasteiger charge is -2.19. The van der Waals surface area contributed by atoms with Crippen LogP contribution in [0.2, 0.25) is 0 Å². The molecule has 2 N–H and O–H groups in total. The lowest BCUT2D eigenvalue weighted by Crippen LogP contribution is -2.33. The summed E-state index contributed by atoms with van der Waals surface area (Å²) in [7, 11) is 3.61. The highest BCUT2D eigenvalue weighted by Crippen LogP contribution is 2.25. The van der Waals surface area contributed by atoms with Crippen molar-refractivity contribution in [3.63, 3.8) is 0 Å². The van der Waals surface area contributed by atoms with Gasteiger partial charge in [0.15, 0.2) is 5.96 Å². The summed E-state index contributed by atoms with van der Waals surface area (Å²) in [6, 6.07) is 14.4. The van der Waals surface area contributed by atoms with E-state index in [9.17, 15) is 0 Å². The van der Waals surface area contributed by atoms with Crippen LogP contribution in [0.25, 0.3) is 10.8 Å². The summed E-state index contributed by atoms with van der Waals surface area (Å²) in [4.78, 5) is 5.88. The number of guanidine groups is 1. The van der Waals surface area contributed by atoms with E-state index >= 15 is 0 Å². The number of nitrogens with zero attached hydrogens (tertiary/aromatic N) is 2. The molecule has 0 amide bonds. The first-order valence-corrected chi connectivity index (χ1v) is 5.18. The molecule has 2 aromatic carbocycles. The minimum absolute atomic E-state index is 0.511. The highest BCUT2D eigenvalue weighted by Gasteiger charge is 2.07. The Morgan fingerprint density at radius 1 is 1.12 bits per heavy atom. The summed E-state index contributed by atoms with van der Waals surface area (Å²) < 4.78 is 0. The fourth-order valence-electron chi connectivity index (χ4n) is 1.77. The molecule has 0 aliphatic heterocycles. The van der Waals surface area contributed by atoms with Crippen molar-refractivity contribution in [3.05, 3.63) is 42.5 Å². The zero-order valence-corrected chi connectivity index (χ0v) is 9.51. The Hall–Kier alpha value is -2.03. The maximum Gasteiger partial charge on any atom is 0.195 e. The molecule has 0 aromatic heterocycles. The molecule has 0 aliphatic rings. The fourth-order valence-corrected chi connectivity index (χ4v) is 1.77. The molecule has 0 saturated carbocycles. The third-order valence-electron chi connectivity index (χ3n) is 2.70. The molecule has 0 unspecified atom stereocenters. The average Bonchev–Trinajstić information content (AvgIpc) is 2.36. The summed E-state index contributed by atoms with van der Waals surface area (Å²) in [5, 5.41) is 2.38. The zero-order valence-electron chi connectivity index (χ0n) is 9.51. The lowest BCUT2D eigenvalue weighted by molar-refractivity contribution is 1.21. The molecule has 2 rings (SSSR count). The van der Waals surface area contributed by atoms with E-state index in [0.717, 1.165) is 5.69 Å². The summed E-state index contributed by atoms with van der Waals surface area (Å²) in [5.41, 5.74) is 6.89. The second-order valence-electron chi connectivity index (χ2n) is 3.64. The fraction of sp³-hybridized carbons (Fsp3) is 0.154. The molecule has 0 bridgehead atoms. The highest BCUT2D eigenvalue weighted by molar-refractivity contribution is 6.03. The number of aliphatic imine (C=N–C) groups is 1. The van der Waals surface area contributed by atoms with Crippen LogP contribution in [0.4, 0.5) is 5.69 Å². The Morgan fingerprint density at radius 3 is 2.56 bits per heavy atom. The van der Waals surface area contributed by atoms with Crippen molar-refractivity contribution in [1.29, 1.82) is 0 Å². The van der Waals surface area contributed by atoms with Crippen LogP contribution in [0.5, 0.6) is 0 Å². The smallest absolute Gasteiger partial charge is 0.195 e. The van der Waals surface area contributed by atoms with Gasteiger partial charge in [-0.05, 0) is 11.5 Å². The normalized spacial score (nSPS) is 11.8. The Kier molecular flexibility index (Phi) is 2.77. The van der Waals surface area contributed by atoms with Crippen molar-refractivity contribution in [2.45, 2.75) is 0 Å². The van der Waals surface area contributed by atoms with Crippen molar-refractivity contribution in [3.8, 4) is 0 Å². The molecule has 82 valence electrons. The van der Waals surface area contributed by atoms with E-state index in [0.29, 0.717) is 5.96 Å². The number of benzene rings is 2. The first-order chi connectivity index (χ1) is 7.74. The average molecular weight is 213 g/mol. The third kappa shape index (κ3) is 1.72. The Bertz CT molecular complexity index is 526. The zero-order chi connectivity index (χ0) is 11.5. The lowest BCUT2D eigenvalue weighted by atomic mass is 10.1. The standard InChI is InChI=1S/C13H15N3/c1-15-13(14)16(2)12-9-5-7-10-6-3-4-8-11(10)12/h3-9H,1-2H3,(H2,14,15). The first kappa shape index (κ1) is 10.5. The quantitative estimate of drug-likeness (QED) is 0.583. The molecule has 16 heavy (non-hydrogen) atoms. The predicted molar refractivity (Wildman–Crippen MR) is 69.9 cm³/mol. The Labute approximate surface area is 95.2 Å². The van der Waals surface area contributed by atoms with Gasteiger partial charge in [0.1, 0.15) is 0 Å². The molecule has 3 nitrogen and oxygen atoms in total. The molecule has 0 fully saturated rings. The summed E-state index contributed by atoms with van der Waals surface area (Å²) in [6.45, 7) is 0. The number of fused-ring (bicyclic) bond motifs is 1. The van der Waals surface area contributed by atoms with Gasteiger partial charge in [0, 0.05) is 19.5 Å². The van der Waals surface area contributed by atoms with Crippen molar-refractivity contribution >= 4 is 22.4 Å². The minimum atomic E-state index is 0.511. The van der Waals surface area contributed by atoms with Crippen molar-refractivity contribution in [1.82, 2.24) is 0 Å². The predicted octanol–water partition coefficient (Wildman–Crippen LogP) is 2.22. The van der Waals surface area contributed by atoms with Crippen LogP contribution in [-0.4, -0.2) is 20.1 Å². The molecule has 0 atom stereocenters. The topological polar surface area (TPSA) is 41.6 Å². The molecule has 0 radical (unpaired) electrons. The number of rotatable bonds is 1. The van der Waals surface area contributed by atoms with E-state index < -0.39 is 0 Å². The van der Waals surface area contributed by atoms with Crippen molar-refractivity contribution in [2.75, 3.05) is 19.0 Å². The van der Waals surface area contributed by atoms with E-state index in [1.54, 1.807) is 7.05 Å². The van der Waals surface area contributed by atoms with E-state index in [2.05, 4.69) is 23.2 Å². The molecule has 0 heterocycles. The van der Waals surface area contributed by atoms with Gasteiger partial charge in [0.2, 0.25) is 0 Å². The van der Waals surface area contributed by atoms with Crippen molar-refractivity contribution < 1.29 is 0 Å². The van der Waals surface area contributed by atoms with Crippen LogP contribution in [0.15, 0.2) is 47.5 Å². The van der Waals surface area contributed by atoms with Gasteiger partial charge < -0.3 is 10.6 Å². The van der Waals surface area contributed by atoms with E-state index in [1.807, 2.05) is 36.2 Å². The molecular weight excluding hydrogens is 198 g/mol. The SMILES string of the molecule is CN=C(N)N(C)c1cccc2ccccc12. The summed E-state index contributed by atoms with van der Waals surface area (Å²) >= 11 is 0. The first-order valence-electron chi connectivity index (χ1n) is 5.18. The van der Waals surface area contributed by atoms with Crippen LogP contribution in [0, 0.1) is 0 Å². The van der Waals surface area contributed by atoms with Gasteiger partial charge in [-0.1, -0.05) is 36.4 Å². The number of hydrogen-bond acceptors (Lipinski definition) is 1. The Balaban J connectivity index is 2.60. The Morgan fingerprint density at radius 2 is 1.81 bits per heavy atom. The molecular formula is C13H15N3. The number of anilines is 1. The van der Waals surface area contributed by atoms with Crippen LogP contribution in [-0.2, 0) is 0 Å². The van der Waals surface area contributed by atoms with Gasteiger partial charge in [0.25, 0.3) is 0 Å². The largest absolute Gasteiger partial charge is 0.370 e. The third-order valence-corrected chi connectivity index (χ3v) is 2.70. The monoisotopic (exact) mass is 213 g/mol. The molecule has 0 saturated heterocycles. The van der Waals surface area contributed by atoms with E-state index in [1.165, 1.54) is 10.8 Å². The second-order valence-corrected chi connectivity index (χ2v) is 3.64. The van der Waals surface area contributed by atoms with Gasteiger partial charge in [-0.3, -0.25) is 4.99 Å². The van der Waals surface area contributed by atoms with Gasteiger partial charge in [-0.25, -0.2) is 0 Å². The number of hydrogen-bond donors (Lipinski definition) is 1. The van der Waals surface area contributed by atoms with Gasteiger partial charge in [0.05, 0.1) is 5.69 Å². The van der Waals surface area contributed by atoms with Crippen LogP contribution in [0.1, 0.15) is 0 Å². The highest BCUT2D eigenvalue weighted by atomic mass is 15.2. The molecule has 3 heteroatoms. The van der Waals surface area contributed by atoms with Gasteiger partial charge >= 0.3 is 0 Å². The summed E-state index contributed by atoms with van der Waals surface area (Å²) in [5.74, 6) is 0.511. The van der Waals surface area contributed by atoms with Crippen LogP contribution >= 0.6 is 0 Å². The minimum Gasteiger partial charge on any atom is -0.370 e. The molecule has 0 spiro atoms.